The zero-order valence-corrected chi connectivity index (χ0v) is 10.4. The van der Waals surface area contributed by atoms with E-state index >= 15 is 0 Å². The van der Waals surface area contributed by atoms with E-state index in [1.807, 2.05) is 0 Å². The molecule has 0 aliphatic carbocycles. The predicted molar refractivity (Wildman–Crippen MR) is 64.0 cm³/mol. The maximum absolute atomic E-state index is 5.88. The largest absolute Gasteiger partial charge is 0.300 e. The van der Waals surface area contributed by atoms with Crippen molar-refractivity contribution in [1.29, 1.82) is 0 Å². The summed E-state index contributed by atoms with van der Waals surface area (Å²) in [4.78, 5) is 2.67. The van der Waals surface area contributed by atoms with E-state index in [-0.39, 0.29) is 0 Å². The van der Waals surface area contributed by atoms with Crippen LogP contribution in [0.5, 0.6) is 0 Å². The third-order valence-electron chi connectivity index (χ3n) is 3.28. The molecule has 0 saturated carbocycles. The molecule has 0 aromatic carbocycles. The SMILES string of the molecule is CCC1CCCCCN1CC(C)CCl. The summed E-state index contributed by atoms with van der Waals surface area (Å²) in [7, 11) is 0. The van der Waals surface area contributed by atoms with Gasteiger partial charge in [-0.15, -0.1) is 11.6 Å². The highest BCUT2D eigenvalue weighted by molar-refractivity contribution is 6.18. The van der Waals surface area contributed by atoms with Gasteiger partial charge in [-0.2, -0.15) is 0 Å². The molecule has 0 spiro atoms. The van der Waals surface area contributed by atoms with Crippen LogP contribution in [0, 0.1) is 5.92 Å². The Morgan fingerprint density at radius 1 is 1.36 bits per heavy atom. The van der Waals surface area contributed by atoms with Gasteiger partial charge < -0.3 is 4.90 Å². The minimum absolute atomic E-state index is 0.642. The molecule has 1 nitrogen and oxygen atoms in total. The molecule has 2 unspecified atom stereocenters. The summed E-state index contributed by atoms with van der Waals surface area (Å²) < 4.78 is 0. The fourth-order valence-electron chi connectivity index (χ4n) is 2.39. The lowest BCUT2D eigenvalue weighted by Crippen LogP contribution is -2.37. The molecule has 1 aliphatic rings. The van der Waals surface area contributed by atoms with E-state index < -0.39 is 0 Å². The summed E-state index contributed by atoms with van der Waals surface area (Å²) in [6.45, 7) is 7.06. The Kier molecular flexibility index (Phi) is 5.88. The first-order chi connectivity index (χ1) is 6.77. The van der Waals surface area contributed by atoms with E-state index in [0.29, 0.717) is 5.92 Å². The number of hydrogen-bond donors (Lipinski definition) is 0. The summed E-state index contributed by atoms with van der Waals surface area (Å²) >= 11 is 5.88. The van der Waals surface area contributed by atoms with Crippen LogP contribution >= 0.6 is 11.6 Å². The number of nitrogens with zero attached hydrogens (tertiary/aromatic N) is 1. The van der Waals surface area contributed by atoms with Crippen LogP contribution in [0.4, 0.5) is 0 Å². The average Bonchev–Trinajstić information content (AvgIpc) is 2.42. The summed E-state index contributed by atoms with van der Waals surface area (Å²) in [5, 5.41) is 0. The number of hydrogen-bond acceptors (Lipinski definition) is 1. The first-order valence-corrected chi connectivity index (χ1v) is 6.61. The van der Waals surface area contributed by atoms with Crippen molar-refractivity contribution in [2.45, 2.75) is 52.0 Å². The average molecular weight is 218 g/mol. The Labute approximate surface area is 93.8 Å². The van der Waals surface area contributed by atoms with E-state index in [1.54, 1.807) is 0 Å². The van der Waals surface area contributed by atoms with Crippen molar-refractivity contribution in [1.82, 2.24) is 4.90 Å². The van der Waals surface area contributed by atoms with Crippen LogP contribution in [-0.2, 0) is 0 Å². The third-order valence-corrected chi connectivity index (χ3v) is 3.81. The predicted octanol–water partition coefficient (Wildman–Crippen LogP) is 3.52. The van der Waals surface area contributed by atoms with Crippen molar-refractivity contribution < 1.29 is 0 Å². The highest BCUT2D eigenvalue weighted by Gasteiger charge is 2.20. The highest BCUT2D eigenvalue weighted by atomic mass is 35.5. The van der Waals surface area contributed by atoms with Gasteiger partial charge in [0.25, 0.3) is 0 Å². The topological polar surface area (TPSA) is 3.24 Å². The van der Waals surface area contributed by atoms with Crippen LogP contribution in [0.2, 0.25) is 0 Å². The second-order valence-corrected chi connectivity index (χ2v) is 4.97. The van der Waals surface area contributed by atoms with Crippen LogP contribution in [0.25, 0.3) is 0 Å². The number of likely N-dealkylation sites (tertiary alicyclic amines) is 1. The maximum Gasteiger partial charge on any atom is 0.0261 e. The van der Waals surface area contributed by atoms with Crippen LogP contribution in [0.3, 0.4) is 0 Å². The summed E-state index contributed by atoms with van der Waals surface area (Å²) in [5.74, 6) is 1.44. The first kappa shape index (κ1) is 12.3. The molecule has 0 aromatic rings. The molecule has 0 amide bonds. The van der Waals surface area contributed by atoms with Gasteiger partial charge in [0.05, 0.1) is 0 Å². The molecule has 1 fully saturated rings. The quantitative estimate of drug-likeness (QED) is 0.652. The van der Waals surface area contributed by atoms with Crippen molar-refractivity contribution in [3.05, 3.63) is 0 Å². The normalized spacial score (nSPS) is 27.2. The Morgan fingerprint density at radius 3 is 2.79 bits per heavy atom. The van der Waals surface area contributed by atoms with Gasteiger partial charge >= 0.3 is 0 Å². The van der Waals surface area contributed by atoms with Crippen molar-refractivity contribution in [3.8, 4) is 0 Å². The van der Waals surface area contributed by atoms with Crippen molar-refractivity contribution in [2.75, 3.05) is 19.0 Å². The standard InChI is InChI=1S/C12H24ClN/c1-3-12-7-5-4-6-8-14(12)10-11(2)9-13/h11-12H,3-10H2,1-2H3. The maximum atomic E-state index is 5.88. The molecule has 0 bridgehead atoms. The van der Waals surface area contributed by atoms with Crippen LogP contribution in [0.1, 0.15) is 46.0 Å². The molecule has 2 atom stereocenters. The van der Waals surface area contributed by atoms with E-state index in [4.69, 9.17) is 11.6 Å². The van der Waals surface area contributed by atoms with Gasteiger partial charge in [0.15, 0.2) is 0 Å². The lowest BCUT2D eigenvalue weighted by molar-refractivity contribution is 0.175. The second-order valence-electron chi connectivity index (χ2n) is 4.67. The molecule has 0 radical (unpaired) electrons. The van der Waals surface area contributed by atoms with Crippen molar-refractivity contribution >= 4 is 11.6 Å². The molecular weight excluding hydrogens is 194 g/mol. The molecule has 1 rings (SSSR count). The van der Waals surface area contributed by atoms with Crippen molar-refractivity contribution in [2.24, 2.45) is 5.92 Å². The lowest BCUT2D eigenvalue weighted by atomic mass is 10.1. The molecule has 1 heterocycles. The fraction of sp³-hybridized carbons (Fsp3) is 1.00. The Morgan fingerprint density at radius 2 is 2.14 bits per heavy atom. The van der Waals surface area contributed by atoms with Crippen LogP contribution in [-0.4, -0.2) is 29.9 Å². The van der Waals surface area contributed by atoms with Crippen LogP contribution in [0.15, 0.2) is 0 Å². The molecule has 0 N–H and O–H groups in total. The Balaban J connectivity index is 2.43. The third kappa shape index (κ3) is 3.78. The van der Waals surface area contributed by atoms with Crippen molar-refractivity contribution in [3.63, 3.8) is 0 Å². The monoisotopic (exact) mass is 217 g/mol. The molecular formula is C12H24ClN. The number of rotatable bonds is 4. The van der Waals surface area contributed by atoms with E-state index in [1.165, 1.54) is 45.2 Å². The van der Waals surface area contributed by atoms with Gasteiger partial charge in [-0.1, -0.05) is 26.7 Å². The van der Waals surface area contributed by atoms with E-state index in [2.05, 4.69) is 18.7 Å². The van der Waals surface area contributed by atoms with Gasteiger partial charge in [0.2, 0.25) is 0 Å². The second kappa shape index (κ2) is 6.68. The van der Waals surface area contributed by atoms with E-state index in [9.17, 15) is 0 Å². The van der Waals surface area contributed by atoms with Gasteiger partial charge in [0.1, 0.15) is 0 Å². The van der Waals surface area contributed by atoms with Crippen LogP contribution < -0.4 is 0 Å². The summed E-state index contributed by atoms with van der Waals surface area (Å²) in [6.07, 6.45) is 6.92. The molecule has 0 aromatic heterocycles. The van der Waals surface area contributed by atoms with Gasteiger partial charge in [0, 0.05) is 18.5 Å². The Bertz CT molecular complexity index is 149. The molecule has 1 aliphatic heterocycles. The number of alkyl halides is 1. The summed E-state index contributed by atoms with van der Waals surface area (Å²) in [6, 6.07) is 0.822. The number of halogens is 1. The zero-order chi connectivity index (χ0) is 10.4. The first-order valence-electron chi connectivity index (χ1n) is 6.08. The molecule has 84 valence electrons. The smallest absolute Gasteiger partial charge is 0.0261 e. The Hall–Kier alpha value is 0.250. The highest BCUT2D eigenvalue weighted by Crippen LogP contribution is 2.20. The fourth-order valence-corrected chi connectivity index (χ4v) is 2.49. The van der Waals surface area contributed by atoms with Gasteiger partial charge in [-0.3, -0.25) is 0 Å². The molecule has 14 heavy (non-hydrogen) atoms. The van der Waals surface area contributed by atoms with Gasteiger partial charge in [-0.25, -0.2) is 0 Å². The lowest BCUT2D eigenvalue weighted by Gasteiger charge is -2.31. The minimum Gasteiger partial charge on any atom is -0.300 e. The van der Waals surface area contributed by atoms with E-state index in [0.717, 1.165) is 11.9 Å². The minimum atomic E-state index is 0.642. The zero-order valence-electron chi connectivity index (χ0n) is 9.64. The summed E-state index contributed by atoms with van der Waals surface area (Å²) in [5.41, 5.74) is 0. The molecule has 1 saturated heterocycles. The molecule has 2 heteroatoms. The van der Waals surface area contributed by atoms with Gasteiger partial charge in [-0.05, 0) is 31.7 Å².